The van der Waals surface area contributed by atoms with Gasteiger partial charge in [0, 0.05) is 0 Å². The lowest BCUT2D eigenvalue weighted by atomic mass is 9.97. The van der Waals surface area contributed by atoms with E-state index in [1.807, 2.05) is 13.0 Å². The zero-order chi connectivity index (χ0) is 11.8. The molecule has 16 heavy (non-hydrogen) atoms. The van der Waals surface area contributed by atoms with Crippen LogP contribution in [0.1, 0.15) is 38.1 Å². The zero-order valence-corrected chi connectivity index (χ0v) is 10.2. The molecule has 0 aliphatic heterocycles. The van der Waals surface area contributed by atoms with Crippen LogP contribution in [0, 0.1) is 6.92 Å². The Morgan fingerprint density at radius 1 is 1.44 bits per heavy atom. The summed E-state index contributed by atoms with van der Waals surface area (Å²) >= 11 is 0. The molecular formula is C13H19N3. The van der Waals surface area contributed by atoms with Crippen molar-refractivity contribution in [2.45, 2.75) is 39.2 Å². The summed E-state index contributed by atoms with van der Waals surface area (Å²) in [5, 5.41) is 0. The van der Waals surface area contributed by atoms with E-state index >= 15 is 0 Å². The number of rotatable bonds is 3. The Morgan fingerprint density at radius 3 is 2.88 bits per heavy atom. The first-order valence-electron chi connectivity index (χ1n) is 5.78. The highest BCUT2D eigenvalue weighted by Gasteiger charge is 2.23. The monoisotopic (exact) mass is 217 g/mol. The fraction of sp³-hybridized carbons (Fsp3) is 0.462. The molecule has 0 saturated carbocycles. The molecule has 2 rings (SSSR count). The molecule has 2 aromatic rings. The number of aryl methyl sites for hydroxylation is 1. The van der Waals surface area contributed by atoms with Crippen molar-refractivity contribution in [1.29, 1.82) is 0 Å². The maximum atomic E-state index is 6.26. The number of hydrogen-bond acceptors (Lipinski definition) is 2. The zero-order valence-electron chi connectivity index (χ0n) is 10.2. The van der Waals surface area contributed by atoms with E-state index in [0.29, 0.717) is 0 Å². The van der Waals surface area contributed by atoms with Crippen molar-refractivity contribution in [3.8, 4) is 0 Å². The number of aromatic nitrogens is 2. The van der Waals surface area contributed by atoms with E-state index < -0.39 is 0 Å². The molecule has 1 aromatic heterocycles. The number of hydrogen-bond donors (Lipinski definition) is 2. The second kappa shape index (κ2) is 3.91. The van der Waals surface area contributed by atoms with E-state index in [1.165, 1.54) is 5.56 Å². The van der Waals surface area contributed by atoms with Gasteiger partial charge in [0.1, 0.15) is 5.82 Å². The summed E-state index contributed by atoms with van der Waals surface area (Å²) in [7, 11) is 0. The Balaban J connectivity index is 2.46. The molecule has 0 bridgehead atoms. The van der Waals surface area contributed by atoms with Crippen LogP contribution < -0.4 is 5.73 Å². The predicted molar refractivity (Wildman–Crippen MR) is 67.3 cm³/mol. The maximum Gasteiger partial charge on any atom is 0.127 e. The third-order valence-corrected chi connectivity index (χ3v) is 2.95. The van der Waals surface area contributed by atoms with Gasteiger partial charge in [-0.25, -0.2) is 4.98 Å². The van der Waals surface area contributed by atoms with Crippen LogP contribution >= 0.6 is 0 Å². The minimum Gasteiger partial charge on any atom is -0.340 e. The molecule has 86 valence electrons. The van der Waals surface area contributed by atoms with Crippen LogP contribution in [0.3, 0.4) is 0 Å². The molecular weight excluding hydrogens is 198 g/mol. The largest absolute Gasteiger partial charge is 0.340 e. The van der Waals surface area contributed by atoms with Gasteiger partial charge >= 0.3 is 0 Å². The molecule has 0 radical (unpaired) electrons. The molecule has 0 spiro atoms. The molecule has 3 heteroatoms. The number of nitrogens with one attached hydrogen (secondary N) is 1. The number of H-pyrrole nitrogens is 1. The molecule has 1 aromatic carbocycles. The van der Waals surface area contributed by atoms with Crippen molar-refractivity contribution in [2.75, 3.05) is 0 Å². The Kier molecular flexibility index (Phi) is 2.72. The van der Waals surface area contributed by atoms with Crippen LogP contribution in [0.2, 0.25) is 0 Å². The highest BCUT2D eigenvalue weighted by Crippen LogP contribution is 2.23. The first kappa shape index (κ1) is 11.1. The van der Waals surface area contributed by atoms with Gasteiger partial charge in [-0.05, 0) is 38.0 Å². The van der Waals surface area contributed by atoms with Gasteiger partial charge in [-0.1, -0.05) is 19.4 Å². The van der Waals surface area contributed by atoms with Gasteiger partial charge in [0.2, 0.25) is 0 Å². The molecule has 1 unspecified atom stereocenters. The van der Waals surface area contributed by atoms with Crippen LogP contribution in [-0.2, 0) is 5.54 Å². The number of aromatic amines is 1. The van der Waals surface area contributed by atoms with Crippen LogP contribution in [0.15, 0.2) is 18.2 Å². The normalized spacial score (nSPS) is 15.2. The Labute approximate surface area is 96.1 Å². The van der Waals surface area contributed by atoms with Crippen molar-refractivity contribution in [3.63, 3.8) is 0 Å². The van der Waals surface area contributed by atoms with Gasteiger partial charge in [0.15, 0.2) is 0 Å². The summed E-state index contributed by atoms with van der Waals surface area (Å²) in [6.45, 7) is 6.24. The van der Waals surface area contributed by atoms with Gasteiger partial charge in [0.25, 0.3) is 0 Å². The second-order valence-electron chi connectivity index (χ2n) is 4.77. The van der Waals surface area contributed by atoms with E-state index in [0.717, 1.165) is 29.7 Å². The van der Waals surface area contributed by atoms with Gasteiger partial charge in [-0.15, -0.1) is 0 Å². The number of fused-ring (bicyclic) bond motifs is 1. The highest BCUT2D eigenvalue weighted by molar-refractivity contribution is 5.76. The van der Waals surface area contributed by atoms with E-state index in [1.54, 1.807) is 0 Å². The molecule has 0 aliphatic carbocycles. The van der Waals surface area contributed by atoms with Gasteiger partial charge in [0.05, 0.1) is 16.6 Å². The van der Waals surface area contributed by atoms with Crippen LogP contribution in [-0.4, -0.2) is 9.97 Å². The molecule has 0 amide bonds. The van der Waals surface area contributed by atoms with Gasteiger partial charge < -0.3 is 10.7 Å². The lowest BCUT2D eigenvalue weighted by molar-refractivity contribution is 0.424. The van der Waals surface area contributed by atoms with E-state index in [2.05, 4.69) is 35.9 Å². The van der Waals surface area contributed by atoms with Gasteiger partial charge in [-0.3, -0.25) is 0 Å². The summed E-state index contributed by atoms with van der Waals surface area (Å²) in [4.78, 5) is 7.89. The minimum absolute atomic E-state index is 0.359. The van der Waals surface area contributed by atoms with Crippen molar-refractivity contribution >= 4 is 11.0 Å². The van der Waals surface area contributed by atoms with Crippen molar-refractivity contribution in [3.05, 3.63) is 29.6 Å². The smallest absolute Gasteiger partial charge is 0.127 e. The predicted octanol–water partition coefficient (Wildman–Crippen LogP) is 2.85. The molecule has 0 fully saturated rings. The molecule has 0 saturated heterocycles. The Hall–Kier alpha value is -1.35. The van der Waals surface area contributed by atoms with Crippen LogP contribution in [0.25, 0.3) is 11.0 Å². The number of nitrogens with zero attached hydrogens (tertiary/aromatic N) is 1. The van der Waals surface area contributed by atoms with Gasteiger partial charge in [-0.2, -0.15) is 0 Å². The standard InChI is InChI=1S/C13H19N3/c1-4-7-13(3,14)12-15-10-6-5-9(2)8-11(10)16-12/h5-6,8H,4,7,14H2,1-3H3,(H,15,16). The number of nitrogens with two attached hydrogens (primary N) is 1. The van der Waals surface area contributed by atoms with Crippen LogP contribution in [0.5, 0.6) is 0 Å². The first-order valence-corrected chi connectivity index (χ1v) is 5.78. The molecule has 1 atom stereocenters. The second-order valence-corrected chi connectivity index (χ2v) is 4.77. The Bertz CT molecular complexity index is 497. The summed E-state index contributed by atoms with van der Waals surface area (Å²) in [6.07, 6.45) is 1.99. The lowest BCUT2D eigenvalue weighted by Crippen LogP contribution is -2.34. The van der Waals surface area contributed by atoms with Crippen molar-refractivity contribution in [1.82, 2.24) is 9.97 Å². The average molecular weight is 217 g/mol. The molecule has 0 aliphatic rings. The number of benzene rings is 1. The molecule has 3 nitrogen and oxygen atoms in total. The lowest BCUT2D eigenvalue weighted by Gasteiger charge is -2.20. The first-order chi connectivity index (χ1) is 7.53. The maximum absolute atomic E-state index is 6.26. The van der Waals surface area contributed by atoms with Crippen LogP contribution in [0.4, 0.5) is 0 Å². The average Bonchev–Trinajstić information content (AvgIpc) is 2.61. The molecule has 3 N–H and O–H groups in total. The fourth-order valence-electron chi connectivity index (χ4n) is 2.03. The number of imidazole rings is 1. The van der Waals surface area contributed by atoms with E-state index in [-0.39, 0.29) is 5.54 Å². The Morgan fingerprint density at radius 2 is 2.19 bits per heavy atom. The van der Waals surface area contributed by atoms with Crippen molar-refractivity contribution < 1.29 is 0 Å². The summed E-state index contributed by atoms with van der Waals surface area (Å²) in [6, 6.07) is 6.21. The fourth-order valence-corrected chi connectivity index (χ4v) is 2.03. The van der Waals surface area contributed by atoms with E-state index in [9.17, 15) is 0 Å². The summed E-state index contributed by atoms with van der Waals surface area (Å²) < 4.78 is 0. The summed E-state index contributed by atoms with van der Waals surface area (Å²) in [5.74, 6) is 0.884. The quantitative estimate of drug-likeness (QED) is 0.830. The minimum atomic E-state index is -0.359. The third kappa shape index (κ3) is 1.95. The topological polar surface area (TPSA) is 54.7 Å². The van der Waals surface area contributed by atoms with Crippen molar-refractivity contribution in [2.24, 2.45) is 5.73 Å². The highest BCUT2D eigenvalue weighted by atomic mass is 15.0. The SMILES string of the molecule is CCCC(C)(N)c1nc2ccc(C)cc2[nH]1. The van der Waals surface area contributed by atoms with E-state index in [4.69, 9.17) is 5.73 Å². The molecule has 1 heterocycles. The summed E-state index contributed by atoms with van der Waals surface area (Å²) in [5.41, 5.74) is 9.20. The third-order valence-electron chi connectivity index (χ3n) is 2.95.